The number of thiol groups is 1. The molecule has 60 valence electrons. The summed E-state index contributed by atoms with van der Waals surface area (Å²) in [6.45, 7) is 3.50. The molecule has 0 saturated carbocycles. The lowest BCUT2D eigenvalue weighted by molar-refractivity contribution is -0.112. The first-order valence-electron chi connectivity index (χ1n) is 2.77. The van der Waals surface area contributed by atoms with E-state index in [0.29, 0.717) is 6.42 Å². The van der Waals surface area contributed by atoms with Gasteiger partial charge in [0.1, 0.15) is 0 Å². The van der Waals surface area contributed by atoms with Crippen molar-refractivity contribution in [3.8, 4) is 0 Å². The molecule has 2 N–H and O–H groups in total. The number of nitrogens with two attached hydrogens (primary N) is 1. The molecule has 0 aromatic carbocycles. The molecule has 0 aliphatic rings. The minimum atomic E-state index is -0.425. The van der Waals surface area contributed by atoms with Crippen molar-refractivity contribution in [2.75, 3.05) is 0 Å². The highest BCUT2D eigenvalue weighted by Crippen LogP contribution is 1.97. The summed E-state index contributed by atoms with van der Waals surface area (Å²) < 4.78 is 0. The quantitative estimate of drug-likeness (QED) is 0.505. The van der Waals surface area contributed by atoms with Crippen molar-refractivity contribution in [3.63, 3.8) is 0 Å². The molecule has 10 heavy (non-hydrogen) atoms. The van der Waals surface area contributed by atoms with Crippen molar-refractivity contribution >= 4 is 30.2 Å². The Bertz CT molecular complexity index is 118. The highest BCUT2D eigenvalue weighted by molar-refractivity contribution is 7.96. The van der Waals surface area contributed by atoms with Crippen LogP contribution < -0.4 is 5.73 Å². The number of hydrogen-bond donors (Lipinski definition) is 2. The summed E-state index contributed by atoms with van der Waals surface area (Å²) in [5.74, 6) is 0. The lowest BCUT2D eigenvalue weighted by atomic mass is 10.2. The predicted molar refractivity (Wildman–Crippen MR) is 48.6 cm³/mol. The molecule has 1 atom stereocenters. The molecular weight excluding hydrogens is 170 g/mol. The topological polar surface area (TPSA) is 43.1 Å². The Morgan fingerprint density at radius 3 is 2.60 bits per heavy atom. The number of allylic oxidation sites excluding steroid dienone is 1. The van der Waals surface area contributed by atoms with E-state index in [2.05, 4.69) is 19.2 Å². The van der Waals surface area contributed by atoms with Gasteiger partial charge in [-0.1, -0.05) is 6.08 Å². The molecule has 0 fully saturated rings. The lowest BCUT2D eigenvalue weighted by Crippen LogP contribution is -2.26. The zero-order valence-corrected chi connectivity index (χ0v) is 7.33. The van der Waals surface area contributed by atoms with Gasteiger partial charge in [-0.2, -0.15) is 0 Å². The van der Waals surface area contributed by atoms with Gasteiger partial charge in [0.15, 0.2) is 0 Å². The fourth-order valence-electron chi connectivity index (χ4n) is 0.421. The summed E-state index contributed by atoms with van der Waals surface area (Å²) in [5, 5.41) is -0.253. The van der Waals surface area contributed by atoms with Gasteiger partial charge in [0.05, 0.1) is 6.04 Å². The molecule has 0 aliphatic heterocycles. The van der Waals surface area contributed by atoms with Gasteiger partial charge in [0.25, 0.3) is 0 Å². The normalized spacial score (nSPS) is 11.4. The van der Waals surface area contributed by atoms with Crippen LogP contribution in [-0.4, -0.2) is 11.2 Å². The van der Waals surface area contributed by atoms with Crippen LogP contribution in [0.25, 0.3) is 0 Å². The zero-order valence-electron chi connectivity index (χ0n) is 5.62. The van der Waals surface area contributed by atoms with Crippen molar-refractivity contribution in [3.05, 3.63) is 12.7 Å². The molecule has 0 aromatic rings. The van der Waals surface area contributed by atoms with E-state index in [0.717, 1.165) is 6.42 Å². The third-order valence-electron chi connectivity index (χ3n) is 0.999. The molecule has 0 aliphatic carbocycles. The molecule has 4 heteroatoms. The van der Waals surface area contributed by atoms with Crippen LogP contribution in [0.15, 0.2) is 12.7 Å². The summed E-state index contributed by atoms with van der Waals surface area (Å²) in [6.07, 6.45) is 3.15. The van der Waals surface area contributed by atoms with E-state index >= 15 is 0 Å². The lowest BCUT2D eigenvalue weighted by Gasteiger charge is -2.02. The Labute approximate surface area is 72.7 Å². The molecule has 2 nitrogen and oxygen atoms in total. The van der Waals surface area contributed by atoms with E-state index in [9.17, 15) is 4.79 Å². The van der Waals surface area contributed by atoms with Crippen LogP contribution in [0.2, 0.25) is 0 Å². The van der Waals surface area contributed by atoms with E-state index in [1.54, 1.807) is 6.08 Å². The largest absolute Gasteiger partial charge is 0.321 e. The molecule has 0 heterocycles. The SMILES string of the molecule is C=CCC[C@H](N)C(=O)S.Cl. The van der Waals surface area contributed by atoms with E-state index in [1.165, 1.54) is 0 Å². The first-order valence-corrected chi connectivity index (χ1v) is 3.22. The Morgan fingerprint density at radius 1 is 1.80 bits per heavy atom. The second kappa shape index (κ2) is 7.12. The van der Waals surface area contributed by atoms with Gasteiger partial charge in [0, 0.05) is 0 Å². The molecule has 0 bridgehead atoms. The Hall–Kier alpha value is 0.01000. The zero-order chi connectivity index (χ0) is 7.28. The molecule has 0 aromatic heterocycles. The van der Waals surface area contributed by atoms with Gasteiger partial charge < -0.3 is 5.73 Å². The number of carbonyl (C=O) groups is 1. The maximum atomic E-state index is 10.4. The van der Waals surface area contributed by atoms with Gasteiger partial charge in [-0.25, -0.2) is 0 Å². The van der Waals surface area contributed by atoms with Crippen LogP contribution in [0.3, 0.4) is 0 Å². The number of carbonyl (C=O) groups excluding carboxylic acids is 1. The summed E-state index contributed by atoms with van der Waals surface area (Å²) in [4.78, 5) is 10.4. The molecule has 0 unspecified atom stereocenters. The van der Waals surface area contributed by atoms with Crippen molar-refractivity contribution in [1.82, 2.24) is 0 Å². The first kappa shape index (κ1) is 12.7. The Balaban J connectivity index is 0. The third-order valence-corrected chi connectivity index (χ3v) is 1.33. The smallest absolute Gasteiger partial charge is 0.202 e. The van der Waals surface area contributed by atoms with Gasteiger partial charge >= 0.3 is 0 Å². The summed E-state index contributed by atoms with van der Waals surface area (Å²) >= 11 is 3.57. The summed E-state index contributed by atoms with van der Waals surface area (Å²) in [6, 6.07) is -0.425. The molecule has 0 spiro atoms. The van der Waals surface area contributed by atoms with Crippen LogP contribution in [0.4, 0.5) is 0 Å². The van der Waals surface area contributed by atoms with Gasteiger partial charge in [-0.3, -0.25) is 4.79 Å². The molecular formula is C6H12ClNOS. The molecule has 0 amide bonds. The standard InChI is InChI=1S/C6H11NOS.ClH/c1-2-3-4-5(7)6(8)9;/h2,5H,1,3-4,7H2,(H,8,9);1H/t5-;/m0./s1. The summed E-state index contributed by atoms with van der Waals surface area (Å²) in [7, 11) is 0. The Morgan fingerprint density at radius 2 is 2.30 bits per heavy atom. The average molecular weight is 182 g/mol. The van der Waals surface area contributed by atoms with Gasteiger partial charge in [-0.15, -0.1) is 31.6 Å². The second-order valence-corrected chi connectivity index (χ2v) is 2.25. The molecule has 0 rings (SSSR count). The van der Waals surface area contributed by atoms with Crippen molar-refractivity contribution < 1.29 is 4.79 Å². The van der Waals surface area contributed by atoms with E-state index in [4.69, 9.17) is 5.73 Å². The van der Waals surface area contributed by atoms with Crippen molar-refractivity contribution in [1.29, 1.82) is 0 Å². The highest BCUT2D eigenvalue weighted by atomic mass is 35.5. The van der Waals surface area contributed by atoms with Crippen molar-refractivity contribution in [2.45, 2.75) is 18.9 Å². The fraction of sp³-hybridized carbons (Fsp3) is 0.500. The predicted octanol–water partition coefficient (Wildman–Crippen LogP) is 1.16. The van der Waals surface area contributed by atoms with Gasteiger partial charge in [-0.05, 0) is 12.8 Å². The molecule has 0 radical (unpaired) electrons. The maximum absolute atomic E-state index is 10.4. The number of halogens is 1. The van der Waals surface area contributed by atoms with Crippen molar-refractivity contribution in [2.24, 2.45) is 5.73 Å². The monoisotopic (exact) mass is 181 g/mol. The van der Waals surface area contributed by atoms with E-state index in [-0.39, 0.29) is 17.5 Å². The second-order valence-electron chi connectivity index (χ2n) is 1.81. The minimum absolute atomic E-state index is 0. The Kier molecular flexibility index (Phi) is 9.02. The first-order chi connectivity index (χ1) is 4.18. The van der Waals surface area contributed by atoms with Crippen LogP contribution in [0.1, 0.15) is 12.8 Å². The van der Waals surface area contributed by atoms with Crippen LogP contribution >= 0.6 is 25.0 Å². The average Bonchev–Trinajstić information content (AvgIpc) is 1.82. The maximum Gasteiger partial charge on any atom is 0.202 e. The third kappa shape index (κ3) is 6.13. The number of hydrogen-bond acceptors (Lipinski definition) is 2. The van der Waals surface area contributed by atoms with Crippen LogP contribution in [0, 0.1) is 0 Å². The minimum Gasteiger partial charge on any atom is -0.321 e. The fourth-order valence-corrected chi connectivity index (χ4v) is 0.550. The van der Waals surface area contributed by atoms with Crippen LogP contribution in [0.5, 0.6) is 0 Å². The summed E-state index contributed by atoms with van der Waals surface area (Å²) in [5.41, 5.74) is 5.33. The van der Waals surface area contributed by atoms with Gasteiger partial charge in [0.2, 0.25) is 5.12 Å². The van der Waals surface area contributed by atoms with E-state index < -0.39 is 6.04 Å². The molecule has 0 saturated heterocycles. The number of rotatable bonds is 4. The van der Waals surface area contributed by atoms with Crippen LogP contribution in [-0.2, 0) is 4.79 Å². The van der Waals surface area contributed by atoms with E-state index in [1.807, 2.05) is 0 Å². The highest BCUT2D eigenvalue weighted by Gasteiger charge is 2.05.